The average molecular weight is 166 g/mol. The van der Waals surface area contributed by atoms with Gasteiger partial charge < -0.3 is 9.47 Å². The molecule has 0 radical (unpaired) electrons. The molecule has 0 unspecified atom stereocenters. The van der Waals surface area contributed by atoms with Crippen molar-refractivity contribution in [3.63, 3.8) is 0 Å². The molecule has 0 aliphatic rings. The van der Waals surface area contributed by atoms with E-state index in [9.17, 15) is 0 Å². The lowest BCUT2D eigenvalue weighted by molar-refractivity contribution is 0.0157. The minimum absolute atomic E-state index is 0.345. The van der Waals surface area contributed by atoms with E-state index in [2.05, 4.69) is 6.92 Å². The second kappa shape index (κ2) is 5.61. The zero-order chi connectivity index (χ0) is 8.65. The van der Waals surface area contributed by atoms with Gasteiger partial charge in [0.15, 0.2) is 6.79 Å². The maximum atomic E-state index is 5.29. The third-order valence-electron chi connectivity index (χ3n) is 1.40. The highest BCUT2D eigenvalue weighted by molar-refractivity contribution is 5.20. The van der Waals surface area contributed by atoms with Crippen LogP contribution < -0.4 is 4.74 Å². The number of hydrogen-bond donors (Lipinski definition) is 0. The number of para-hydroxylation sites is 1. The van der Waals surface area contributed by atoms with Crippen molar-refractivity contribution in [2.24, 2.45) is 0 Å². The zero-order valence-corrected chi connectivity index (χ0v) is 7.32. The van der Waals surface area contributed by atoms with Crippen LogP contribution in [-0.2, 0) is 4.74 Å². The topological polar surface area (TPSA) is 18.5 Å². The van der Waals surface area contributed by atoms with Gasteiger partial charge in [0, 0.05) is 0 Å². The lowest BCUT2D eigenvalue weighted by atomic mass is 10.3. The molecule has 2 nitrogen and oxygen atoms in total. The Morgan fingerprint density at radius 1 is 1.17 bits per heavy atom. The molecule has 12 heavy (non-hydrogen) atoms. The van der Waals surface area contributed by atoms with Crippen molar-refractivity contribution < 1.29 is 9.47 Å². The van der Waals surface area contributed by atoms with Gasteiger partial charge in [-0.1, -0.05) is 25.1 Å². The molecule has 0 aliphatic heterocycles. The van der Waals surface area contributed by atoms with Crippen molar-refractivity contribution in [2.75, 3.05) is 13.4 Å². The average Bonchev–Trinajstić information content (AvgIpc) is 2.14. The Hall–Kier alpha value is -1.02. The molecule has 0 saturated carbocycles. The van der Waals surface area contributed by atoms with E-state index in [-0.39, 0.29) is 0 Å². The summed E-state index contributed by atoms with van der Waals surface area (Å²) in [5.74, 6) is 0.855. The van der Waals surface area contributed by atoms with Crippen molar-refractivity contribution in [2.45, 2.75) is 13.3 Å². The van der Waals surface area contributed by atoms with Crippen LogP contribution in [-0.4, -0.2) is 13.4 Å². The highest BCUT2D eigenvalue weighted by Crippen LogP contribution is 2.07. The molecule has 0 spiro atoms. The van der Waals surface area contributed by atoms with E-state index in [0.717, 1.165) is 18.8 Å². The van der Waals surface area contributed by atoms with E-state index in [1.165, 1.54) is 0 Å². The summed E-state index contributed by atoms with van der Waals surface area (Å²) in [6.07, 6.45) is 1.03. The molecule has 0 heterocycles. The molecule has 0 atom stereocenters. The number of ether oxygens (including phenoxy) is 2. The molecular formula is C10H14O2. The van der Waals surface area contributed by atoms with Gasteiger partial charge in [-0.25, -0.2) is 0 Å². The molecule has 1 aromatic rings. The zero-order valence-electron chi connectivity index (χ0n) is 7.32. The van der Waals surface area contributed by atoms with E-state index < -0.39 is 0 Å². The van der Waals surface area contributed by atoms with Gasteiger partial charge in [0.05, 0.1) is 6.61 Å². The number of rotatable bonds is 5. The van der Waals surface area contributed by atoms with Gasteiger partial charge in [0.1, 0.15) is 5.75 Å². The molecule has 0 N–H and O–H groups in total. The first-order valence-electron chi connectivity index (χ1n) is 4.19. The summed E-state index contributed by atoms with van der Waals surface area (Å²) < 4.78 is 10.5. The van der Waals surface area contributed by atoms with E-state index >= 15 is 0 Å². The minimum Gasteiger partial charge on any atom is -0.468 e. The summed E-state index contributed by atoms with van der Waals surface area (Å²) in [6.45, 7) is 3.17. The van der Waals surface area contributed by atoms with E-state index in [0.29, 0.717) is 6.79 Å². The lowest BCUT2D eigenvalue weighted by Crippen LogP contribution is -2.02. The lowest BCUT2D eigenvalue weighted by Gasteiger charge is -2.05. The van der Waals surface area contributed by atoms with E-state index in [1.807, 2.05) is 30.3 Å². The monoisotopic (exact) mass is 166 g/mol. The Bertz CT molecular complexity index is 196. The fraction of sp³-hybridized carbons (Fsp3) is 0.400. The fourth-order valence-electron chi connectivity index (χ4n) is 0.830. The van der Waals surface area contributed by atoms with Crippen molar-refractivity contribution in [3.8, 4) is 5.75 Å². The Labute approximate surface area is 73.1 Å². The maximum Gasteiger partial charge on any atom is 0.189 e. The Morgan fingerprint density at radius 2 is 1.92 bits per heavy atom. The summed E-state index contributed by atoms with van der Waals surface area (Å²) in [4.78, 5) is 0. The highest BCUT2D eigenvalue weighted by Gasteiger charge is 1.89. The van der Waals surface area contributed by atoms with Gasteiger partial charge in [-0.05, 0) is 18.6 Å². The van der Waals surface area contributed by atoms with Gasteiger partial charge in [-0.15, -0.1) is 0 Å². The minimum atomic E-state index is 0.345. The number of hydrogen-bond acceptors (Lipinski definition) is 2. The van der Waals surface area contributed by atoms with E-state index in [1.54, 1.807) is 0 Å². The SMILES string of the molecule is CCCOCOc1ccccc1. The maximum absolute atomic E-state index is 5.29. The molecule has 1 aromatic carbocycles. The predicted molar refractivity (Wildman–Crippen MR) is 48.2 cm³/mol. The van der Waals surface area contributed by atoms with Crippen molar-refractivity contribution in [1.29, 1.82) is 0 Å². The Balaban J connectivity index is 2.16. The summed E-state index contributed by atoms with van der Waals surface area (Å²) in [7, 11) is 0. The molecule has 0 amide bonds. The van der Waals surface area contributed by atoms with Gasteiger partial charge in [-0.3, -0.25) is 0 Å². The van der Waals surface area contributed by atoms with Crippen LogP contribution in [0.3, 0.4) is 0 Å². The quantitative estimate of drug-likeness (QED) is 0.494. The van der Waals surface area contributed by atoms with Crippen LogP contribution in [0.4, 0.5) is 0 Å². The standard InChI is InChI=1S/C10H14O2/c1-2-8-11-9-12-10-6-4-3-5-7-10/h3-7H,2,8-9H2,1H3. The third-order valence-corrected chi connectivity index (χ3v) is 1.40. The molecule has 0 saturated heterocycles. The molecule has 0 fully saturated rings. The normalized spacial score (nSPS) is 9.75. The largest absolute Gasteiger partial charge is 0.468 e. The van der Waals surface area contributed by atoms with Crippen LogP contribution in [0.25, 0.3) is 0 Å². The summed E-state index contributed by atoms with van der Waals surface area (Å²) in [6, 6.07) is 9.66. The number of benzene rings is 1. The molecule has 66 valence electrons. The summed E-state index contributed by atoms with van der Waals surface area (Å²) >= 11 is 0. The molecule has 0 aromatic heterocycles. The Morgan fingerprint density at radius 3 is 2.58 bits per heavy atom. The molecule has 2 heteroatoms. The van der Waals surface area contributed by atoms with Gasteiger partial charge in [0.25, 0.3) is 0 Å². The molecular weight excluding hydrogens is 152 g/mol. The highest BCUT2D eigenvalue weighted by atomic mass is 16.7. The van der Waals surface area contributed by atoms with Crippen LogP contribution >= 0.6 is 0 Å². The Kier molecular flexibility index (Phi) is 4.24. The predicted octanol–water partition coefficient (Wildman–Crippen LogP) is 2.45. The van der Waals surface area contributed by atoms with Crippen LogP contribution in [0.2, 0.25) is 0 Å². The van der Waals surface area contributed by atoms with Crippen LogP contribution in [0, 0.1) is 0 Å². The van der Waals surface area contributed by atoms with Crippen molar-refractivity contribution in [3.05, 3.63) is 30.3 Å². The first-order chi connectivity index (χ1) is 5.93. The van der Waals surface area contributed by atoms with Crippen LogP contribution in [0.5, 0.6) is 5.75 Å². The van der Waals surface area contributed by atoms with Crippen molar-refractivity contribution in [1.82, 2.24) is 0 Å². The van der Waals surface area contributed by atoms with Crippen LogP contribution in [0.15, 0.2) is 30.3 Å². The smallest absolute Gasteiger partial charge is 0.189 e. The molecule has 0 aliphatic carbocycles. The summed E-state index contributed by atoms with van der Waals surface area (Å²) in [5, 5.41) is 0. The fourth-order valence-corrected chi connectivity index (χ4v) is 0.830. The van der Waals surface area contributed by atoms with Crippen LogP contribution in [0.1, 0.15) is 13.3 Å². The summed E-state index contributed by atoms with van der Waals surface area (Å²) in [5.41, 5.74) is 0. The van der Waals surface area contributed by atoms with Gasteiger partial charge >= 0.3 is 0 Å². The third kappa shape index (κ3) is 3.39. The first-order valence-corrected chi connectivity index (χ1v) is 4.19. The second-order valence-corrected chi connectivity index (χ2v) is 2.48. The first kappa shape index (κ1) is 9.07. The van der Waals surface area contributed by atoms with Gasteiger partial charge in [0.2, 0.25) is 0 Å². The molecule has 1 rings (SSSR count). The van der Waals surface area contributed by atoms with Gasteiger partial charge in [-0.2, -0.15) is 0 Å². The second-order valence-electron chi connectivity index (χ2n) is 2.48. The van der Waals surface area contributed by atoms with Crippen molar-refractivity contribution >= 4 is 0 Å². The van der Waals surface area contributed by atoms with E-state index in [4.69, 9.17) is 9.47 Å². The molecule has 0 bridgehead atoms.